The Morgan fingerprint density at radius 2 is 2.11 bits per heavy atom. The van der Waals surface area contributed by atoms with Gasteiger partial charge in [0, 0.05) is 13.2 Å². The number of amides is 1. The Morgan fingerprint density at radius 1 is 1.37 bits per heavy atom. The molecule has 3 rings (SSSR count). The Labute approximate surface area is 113 Å². The maximum Gasteiger partial charge on any atom is 0.244 e. The van der Waals surface area contributed by atoms with Crippen LogP contribution in [0.5, 0.6) is 0 Å². The molecule has 19 heavy (non-hydrogen) atoms. The Morgan fingerprint density at radius 3 is 2.74 bits per heavy atom. The van der Waals surface area contributed by atoms with Gasteiger partial charge in [-0.1, -0.05) is 30.3 Å². The number of hydrogen-bond acceptors (Lipinski definition) is 3. The zero-order chi connectivity index (χ0) is 13.3. The lowest BCUT2D eigenvalue weighted by molar-refractivity contribution is -0.131. The fraction of sp³-hybridized carbons (Fsp3) is 0.533. The second kappa shape index (κ2) is 4.94. The molecular formula is C15H20N2O2. The lowest BCUT2D eigenvalue weighted by Gasteiger charge is -2.24. The summed E-state index contributed by atoms with van der Waals surface area (Å²) in [6, 6.07) is 10.2. The van der Waals surface area contributed by atoms with Gasteiger partial charge in [0.1, 0.15) is 11.7 Å². The number of nitrogens with zero attached hydrogens (tertiary/aromatic N) is 1. The third-order valence-electron chi connectivity index (χ3n) is 3.94. The van der Waals surface area contributed by atoms with Crippen molar-refractivity contribution in [3.05, 3.63) is 35.9 Å². The third-order valence-corrected chi connectivity index (χ3v) is 3.94. The standard InChI is InChI=1S/C15H20N2O2/c1-2-19-11-10-17-13(12-6-4-3-5-7-12)16-15(8-9-15)14(17)18/h3-7,13,16H,2,8-11H2,1H3. The van der Waals surface area contributed by atoms with Crippen LogP contribution in [0.3, 0.4) is 0 Å². The molecule has 1 amide bonds. The van der Waals surface area contributed by atoms with Crippen LogP contribution >= 0.6 is 0 Å². The van der Waals surface area contributed by atoms with Crippen LogP contribution in [-0.4, -0.2) is 36.1 Å². The van der Waals surface area contributed by atoms with E-state index in [0.29, 0.717) is 19.8 Å². The molecule has 0 aromatic heterocycles. The molecule has 1 spiro atoms. The quantitative estimate of drug-likeness (QED) is 0.819. The van der Waals surface area contributed by atoms with Gasteiger partial charge in [0.2, 0.25) is 5.91 Å². The van der Waals surface area contributed by atoms with Gasteiger partial charge in [-0.2, -0.15) is 0 Å². The van der Waals surface area contributed by atoms with Gasteiger partial charge >= 0.3 is 0 Å². The SMILES string of the molecule is CCOCCN1C(=O)C2(CC2)NC1c1ccccc1. The number of benzene rings is 1. The molecule has 4 nitrogen and oxygen atoms in total. The number of ether oxygens (including phenoxy) is 1. The number of nitrogens with one attached hydrogen (secondary N) is 1. The van der Waals surface area contributed by atoms with Crippen molar-refractivity contribution < 1.29 is 9.53 Å². The minimum absolute atomic E-state index is 0.00310. The van der Waals surface area contributed by atoms with Crippen molar-refractivity contribution in [1.29, 1.82) is 0 Å². The molecule has 1 aliphatic carbocycles. The van der Waals surface area contributed by atoms with E-state index in [9.17, 15) is 4.79 Å². The Bertz CT molecular complexity index is 456. The Balaban J connectivity index is 1.78. The van der Waals surface area contributed by atoms with Crippen molar-refractivity contribution in [1.82, 2.24) is 10.2 Å². The van der Waals surface area contributed by atoms with Crippen molar-refractivity contribution in [2.75, 3.05) is 19.8 Å². The van der Waals surface area contributed by atoms with Crippen LogP contribution < -0.4 is 5.32 Å². The highest BCUT2D eigenvalue weighted by atomic mass is 16.5. The second-order valence-corrected chi connectivity index (χ2v) is 5.24. The van der Waals surface area contributed by atoms with Gasteiger partial charge in [-0.25, -0.2) is 0 Å². The molecule has 2 fully saturated rings. The zero-order valence-corrected chi connectivity index (χ0v) is 11.3. The first-order valence-corrected chi connectivity index (χ1v) is 6.98. The van der Waals surface area contributed by atoms with E-state index in [0.717, 1.165) is 18.4 Å². The Hall–Kier alpha value is -1.39. The first kappa shape index (κ1) is 12.6. The van der Waals surface area contributed by atoms with Gasteiger partial charge in [-0.05, 0) is 25.3 Å². The average molecular weight is 260 g/mol. The van der Waals surface area contributed by atoms with Crippen molar-refractivity contribution >= 4 is 5.91 Å². The molecule has 1 heterocycles. The van der Waals surface area contributed by atoms with Crippen LogP contribution in [0.15, 0.2) is 30.3 Å². The summed E-state index contributed by atoms with van der Waals surface area (Å²) in [6.07, 6.45) is 1.91. The lowest BCUT2D eigenvalue weighted by Crippen LogP contribution is -2.34. The second-order valence-electron chi connectivity index (χ2n) is 5.24. The van der Waals surface area contributed by atoms with Crippen molar-refractivity contribution in [3.63, 3.8) is 0 Å². The normalized spacial score (nSPS) is 24.2. The predicted octanol–water partition coefficient (Wildman–Crippen LogP) is 1.69. The number of hydrogen-bond donors (Lipinski definition) is 1. The highest BCUT2D eigenvalue weighted by molar-refractivity contribution is 5.92. The monoisotopic (exact) mass is 260 g/mol. The summed E-state index contributed by atoms with van der Waals surface area (Å²) < 4.78 is 5.39. The smallest absolute Gasteiger partial charge is 0.244 e. The molecule has 0 radical (unpaired) electrons. The molecule has 1 aromatic rings. The fourth-order valence-electron chi connectivity index (χ4n) is 2.71. The first-order chi connectivity index (χ1) is 9.27. The summed E-state index contributed by atoms with van der Waals surface area (Å²) in [6.45, 7) is 3.92. The summed E-state index contributed by atoms with van der Waals surface area (Å²) in [7, 11) is 0. The molecule has 1 N–H and O–H groups in total. The fourth-order valence-corrected chi connectivity index (χ4v) is 2.71. The van der Waals surface area contributed by atoms with E-state index in [1.54, 1.807) is 0 Å². The number of rotatable bonds is 5. The average Bonchev–Trinajstić information content (AvgIpc) is 3.17. The molecule has 1 saturated heterocycles. The van der Waals surface area contributed by atoms with Crippen LogP contribution in [0.25, 0.3) is 0 Å². The van der Waals surface area contributed by atoms with Gasteiger partial charge < -0.3 is 9.64 Å². The molecule has 2 aliphatic rings. The molecule has 0 bridgehead atoms. The molecule has 102 valence electrons. The molecule has 1 aliphatic heterocycles. The predicted molar refractivity (Wildman–Crippen MR) is 72.5 cm³/mol. The highest BCUT2D eigenvalue weighted by Crippen LogP contribution is 2.45. The molecule has 1 saturated carbocycles. The Kier molecular flexibility index (Phi) is 3.29. The van der Waals surface area contributed by atoms with E-state index in [2.05, 4.69) is 17.4 Å². The van der Waals surface area contributed by atoms with Crippen LogP contribution in [0.4, 0.5) is 0 Å². The van der Waals surface area contributed by atoms with E-state index < -0.39 is 0 Å². The van der Waals surface area contributed by atoms with Crippen molar-refractivity contribution in [3.8, 4) is 0 Å². The van der Waals surface area contributed by atoms with Crippen LogP contribution in [-0.2, 0) is 9.53 Å². The lowest BCUT2D eigenvalue weighted by atomic mass is 10.1. The molecular weight excluding hydrogens is 240 g/mol. The maximum absolute atomic E-state index is 12.5. The van der Waals surface area contributed by atoms with Gasteiger partial charge in [-0.3, -0.25) is 10.1 Å². The minimum atomic E-state index is -0.271. The van der Waals surface area contributed by atoms with E-state index in [-0.39, 0.29) is 17.6 Å². The number of carbonyl (C=O) groups is 1. The van der Waals surface area contributed by atoms with Gasteiger partial charge in [0.15, 0.2) is 0 Å². The molecule has 1 atom stereocenters. The van der Waals surface area contributed by atoms with E-state index in [4.69, 9.17) is 4.74 Å². The zero-order valence-electron chi connectivity index (χ0n) is 11.3. The summed E-state index contributed by atoms with van der Waals surface area (Å²) >= 11 is 0. The van der Waals surface area contributed by atoms with Crippen LogP contribution in [0.1, 0.15) is 31.5 Å². The summed E-state index contributed by atoms with van der Waals surface area (Å²) in [5, 5.41) is 3.51. The minimum Gasteiger partial charge on any atom is -0.380 e. The van der Waals surface area contributed by atoms with Crippen LogP contribution in [0.2, 0.25) is 0 Å². The third kappa shape index (κ3) is 2.26. The summed E-state index contributed by atoms with van der Waals surface area (Å²) in [4.78, 5) is 14.4. The van der Waals surface area contributed by atoms with Gasteiger partial charge in [-0.15, -0.1) is 0 Å². The summed E-state index contributed by atoms with van der Waals surface area (Å²) in [5.74, 6) is 0.237. The van der Waals surface area contributed by atoms with Crippen LogP contribution in [0, 0.1) is 0 Å². The van der Waals surface area contributed by atoms with Gasteiger partial charge in [0.05, 0.1) is 6.61 Å². The maximum atomic E-state index is 12.5. The molecule has 1 unspecified atom stereocenters. The van der Waals surface area contributed by atoms with Gasteiger partial charge in [0.25, 0.3) is 0 Å². The highest BCUT2D eigenvalue weighted by Gasteiger charge is 2.59. The summed E-state index contributed by atoms with van der Waals surface area (Å²) in [5.41, 5.74) is 0.878. The molecule has 1 aromatic carbocycles. The van der Waals surface area contributed by atoms with E-state index in [1.165, 1.54) is 0 Å². The van der Waals surface area contributed by atoms with Crippen molar-refractivity contribution in [2.24, 2.45) is 0 Å². The van der Waals surface area contributed by atoms with E-state index in [1.807, 2.05) is 30.0 Å². The van der Waals surface area contributed by atoms with E-state index >= 15 is 0 Å². The van der Waals surface area contributed by atoms with Crippen molar-refractivity contribution in [2.45, 2.75) is 31.5 Å². The molecule has 4 heteroatoms. The topological polar surface area (TPSA) is 41.6 Å². The first-order valence-electron chi connectivity index (χ1n) is 6.98. The largest absolute Gasteiger partial charge is 0.380 e. The number of carbonyl (C=O) groups excluding carboxylic acids is 1.